The summed E-state index contributed by atoms with van der Waals surface area (Å²) in [6.45, 7) is 2.17. The molecule has 1 aliphatic rings. The van der Waals surface area contributed by atoms with Crippen molar-refractivity contribution in [2.75, 3.05) is 0 Å². The third-order valence-electron chi connectivity index (χ3n) is 4.64. The van der Waals surface area contributed by atoms with E-state index in [1.807, 2.05) is 0 Å². The summed E-state index contributed by atoms with van der Waals surface area (Å²) in [5.74, 6) is 0.745. The van der Waals surface area contributed by atoms with Gasteiger partial charge in [-0.2, -0.15) is 0 Å². The standard InChI is InChI=1S/C19H23N/c1-14-7-2-3-8-16(14)13-19(20)18-12-5-4-11-17(18)15-9-6-10-15/h2-5,7-8,11-12,15,19H,6,9-10,13,20H2,1H3. The van der Waals surface area contributed by atoms with E-state index in [4.69, 9.17) is 5.73 Å². The van der Waals surface area contributed by atoms with E-state index < -0.39 is 0 Å². The lowest BCUT2D eigenvalue weighted by atomic mass is 9.76. The van der Waals surface area contributed by atoms with Crippen molar-refractivity contribution in [1.29, 1.82) is 0 Å². The first-order valence-corrected chi connectivity index (χ1v) is 7.64. The van der Waals surface area contributed by atoms with Crippen LogP contribution >= 0.6 is 0 Å². The van der Waals surface area contributed by atoms with Gasteiger partial charge < -0.3 is 5.73 Å². The zero-order chi connectivity index (χ0) is 13.9. The van der Waals surface area contributed by atoms with Crippen LogP contribution < -0.4 is 5.73 Å². The molecule has 0 bridgehead atoms. The third-order valence-corrected chi connectivity index (χ3v) is 4.64. The molecular weight excluding hydrogens is 242 g/mol. The molecule has 1 atom stereocenters. The average molecular weight is 265 g/mol. The molecule has 1 aliphatic carbocycles. The molecule has 2 aromatic carbocycles. The van der Waals surface area contributed by atoms with Crippen LogP contribution in [0, 0.1) is 6.92 Å². The van der Waals surface area contributed by atoms with Crippen LogP contribution in [0.15, 0.2) is 48.5 Å². The second kappa shape index (κ2) is 5.80. The van der Waals surface area contributed by atoms with Crippen LogP contribution in [0.25, 0.3) is 0 Å². The lowest BCUT2D eigenvalue weighted by Gasteiger charge is -2.29. The van der Waals surface area contributed by atoms with E-state index in [0.29, 0.717) is 0 Å². The molecule has 1 saturated carbocycles. The van der Waals surface area contributed by atoms with E-state index in [0.717, 1.165) is 12.3 Å². The molecule has 0 heterocycles. The summed E-state index contributed by atoms with van der Waals surface area (Å²) in [5, 5.41) is 0. The molecular formula is C19H23N. The molecule has 20 heavy (non-hydrogen) atoms. The molecule has 0 amide bonds. The Hall–Kier alpha value is -1.60. The van der Waals surface area contributed by atoms with Gasteiger partial charge in [-0.3, -0.25) is 0 Å². The first kappa shape index (κ1) is 13.4. The van der Waals surface area contributed by atoms with Gasteiger partial charge in [0.2, 0.25) is 0 Å². The molecule has 0 spiro atoms. The zero-order valence-corrected chi connectivity index (χ0v) is 12.2. The van der Waals surface area contributed by atoms with Gasteiger partial charge in [0.05, 0.1) is 0 Å². The molecule has 0 aliphatic heterocycles. The number of benzene rings is 2. The van der Waals surface area contributed by atoms with Gasteiger partial charge in [-0.15, -0.1) is 0 Å². The molecule has 2 N–H and O–H groups in total. The Morgan fingerprint density at radius 1 is 1.05 bits per heavy atom. The molecule has 1 nitrogen and oxygen atoms in total. The van der Waals surface area contributed by atoms with Crippen LogP contribution in [0.4, 0.5) is 0 Å². The maximum absolute atomic E-state index is 6.51. The minimum Gasteiger partial charge on any atom is -0.324 e. The smallest absolute Gasteiger partial charge is 0.0338 e. The summed E-state index contributed by atoms with van der Waals surface area (Å²) in [6.07, 6.45) is 4.95. The Balaban J connectivity index is 1.83. The topological polar surface area (TPSA) is 26.0 Å². The van der Waals surface area contributed by atoms with E-state index in [1.54, 1.807) is 0 Å². The monoisotopic (exact) mass is 265 g/mol. The van der Waals surface area contributed by atoms with E-state index in [2.05, 4.69) is 55.5 Å². The summed E-state index contributed by atoms with van der Waals surface area (Å²) in [7, 11) is 0. The lowest BCUT2D eigenvalue weighted by Crippen LogP contribution is -2.19. The van der Waals surface area contributed by atoms with E-state index >= 15 is 0 Å². The van der Waals surface area contributed by atoms with Crippen molar-refractivity contribution in [2.24, 2.45) is 5.73 Å². The molecule has 2 aromatic rings. The van der Waals surface area contributed by atoms with Gasteiger partial charge in [0.1, 0.15) is 0 Å². The number of hydrogen-bond acceptors (Lipinski definition) is 1. The second-order valence-electron chi connectivity index (χ2n) is 5.99. The molecule has 1 heteroatoms. The number of rotatable bonds is 4. The van der Waals surface area contributed by atoms with Crippen LogP contribution in [0.3, 0.4) is 0 Å². The van der Waals surface area contributed by atoms with Crippen LogP contribution in [-0.2, 0) is 6.42 Å². The quantitative estimate of drug-likeness (QED) is 0.865. The highest BCUT2D eigenvalue weighted by atomic mass is 14.6. The molecule has 0 saturated heterocycles. The fourth-order valence-electron chi connectivity index (χ4n) is 3.13. The lowest BCUT2D eigenvalue weighted by molar-refractivity contribution is 0.415. The van der Waals surface area contributed by atoms with Crippen LogP contribution in [-0.4, -0.2) is 0 Å². The van der Waals surface area contributed by atoms with Gasteiger partial charge in [0.25, 0.3) is 0 Å². The summed E-state index contributed by atoms with van der Waals surface area (Å²) in [4.78, 5) is 0. The maximum Gasteiger partial charge on any atom is 0.0338 e. The van der Waals surface area contributed by atoms with Crippen LogP contribution in [0.5, 0.6) is 0 Å². The molecule has 3 rings (SSSR count). The van der Waals surface area contributed by atoms with Crippen LogP contribution in [0.1, 0.15) is 53.5 Å². The van der Waals surface area contributed by atoms with Crippen molar-refractivity contribution in [1.82, 2.24) is 0 Å². The molecule has 0 aromatic heterocycles. The molecule has 0 radical (unpaired) electrons. The Bertz CT molecular complexity index is 584. The van der Waals surface area contributed by atoms with Gasteiger partial charge in [-0.1, -0.05) is 55.0 Å². The summed E-state index contributed by atoms with van der Waals surface area (Å²) < 4.78 is 0. The third kappa shape index (κ3) is 2.64. The van der Waals surface area contributed by atoms with Gasteiger partial charge in [0.15, 0.2) is 0 Å². The Morgan fingerprint density at radius 2 is 1.75 bits per heavy atom. The van der Waals surface area contributed by atoms with Crippen molar-refractivity contribution < 1.29 is 0 Å². The fourth-order valence-corrected chi connectivity index (χ4v) is 3.13. The van der Waals surface area contributed by atoms with Crippen molar-refractivity contribution >= 4 is 0 Å². The van der Waals surface area contributed by atoms with Gasteiger partial charge in [-0.25, -0.2) is 0 Å². The van der Waals surface area contributed by atoms with Crippen molar-refractivity contribution in [3.05, 3.63) is 70.8 Å². The minimum absolute atomic E-state index is 0.105. The Kier molecular flexibility index (Phi) is 3.88. The summed E-state index contributed by atoms with van der Waals surface area (Å²) in [6, 6.07) is 17.4. The largest absolute Gasteiger partial charge is 0.324 e. The van der Waals surface area contributed by atoms with Crippen molar-refractivity contribution in [2.45, 2.75) is 44.6 Å². The van der Waals surface area contributed by atoms with Crippen molar-refractivity contribution in [3.8, 4) is 0 Å². The molecule has 104 valence electrons. The number of hydrogen-bond donors (Lipinski definition) is 1. The van der Waals surface area contributed by atoms with E-state index in [9.17, 15) is 0 Å². The van der Waals surface area contributed by atoms with Crippen LogP contribution in [0.2, 0.25) is 0 Å². The second-order valence-corrected chi connectivity index (χ2v) is 5.99. The first-order valence-electron chi connectivity index (χ1n) is 7.64. The minimum atomic E-state index is 0.105. The predicted molar refractivity (Wildman–Crippen MR) is 84.8 cm³/mol. The van der Waals surface area contributed by atoms with E-state index in [-0.39, 0.29) is 6.04 Å². The normalized spacial score (nSPS) is 16.7. The fraction of sp³-hybridized carbons (Fsp3) is 0.368. The van der Waals surface area contributed by atoms with Gasteiger partial charge >= 0.3 is 0 Å². The van der Waals surface area contributed by atoms with Gasteiger partial charge in [0, 0.05) is 6.04 Å². The number of aryl methyl sites for hydroxylation is 1. The highest BCUT2D eigenvalue weighted by molar-refractivity contribution is 5.36. The van der Waals surface area contributed by atoms with Gasteiger partial charge in [-0.05, 0) is 54.4 Å². The summed E-state index contributed by atoms with van der Waals surface area (Å²) in [5.41, 5.74) is 12.0. The SMILES string of the molecule is Cc1ccccc1CC(N)c1ccccc1C1CCC1. The average Bonchev–Trinajstić information content (AvgIpc) is 2.40. The predicted octanol–water partition coefficient (Wildman–Crippen LogP) is 4.51. The highest BCUT2D eigenvalue weighted by Gasteiger charge is 2.23. The first-order chi connectivity index (χ1) is 9.75. The molecule has 1 fully saturated rings. The van der Waals surface area contributed by atoms with Crippen molar-refractivity contribution in [3.63, 3.8) is 0 Å². The van der Waals surface area contributed by atoms with E-state index in [1.165, 1.54) is 41.5 Å². The highest BCUT2D eigenvalue weighted by Crippen LogP contribution is 2.39. The Labute approximate surface area is 121 Å². The Morgan fingerprint density at radius 3 is 2.45 bits per heavy atom. The maximum atomic E-state index is 6.51. The zero-order valence-electron chi connectivity index (χ0n) is 12.2. The number of nitrogens with two attached hydrogens (primary N) is 1. The molecule has 1 unspecified atom stereocenters. The summed E-state index contributed by atoms with van der Waals surface area (Å²) >= 11 is 0.